The molecule has 8 nitrogen and oxygen atoms in total. The van der Waals surface area contributed by atoms with Gasteiger partial charge in [-0.2, -0.15) is 4.98 Å². The molecule has 5 rings (SSSR count). The second-order valence-corrected chi connectivity index (χ2v) is 8.85. The number of nitrogens with one attached hydrogen (secondary N) is 2. The van der Waals surface area contributed by atoms with Gasteiger partial charge in [-0.3, -0.25) is 4.79 Å². The van der Waals surface area contributed by atoms with Gasteiger partial charge in [0.15, 0.2) is 0 Å². The number of anilines is 3. The van der Waals surface area contributed by atoms with Gasteiger partial charge >= 0.3 is 0 Å². The van der Waals surface area contributed by atoms with Crippen molar-refractivity contribution in [1.82, 2.24) is 14.5 Å². The Hall–Kier alpha value is -3.91. The molecule has 2 heterocycles. The molecule has 1 saturated carbocycles. The van der Waals surface area contributed by atoms with E-state index in [1.165, 1.54) is 11.8 Å². The zero-order valence-corrected chi connectivity index (χ0v) is 18.9. The van der Waals surface area contributed by atoms with E-state index in [2.05, 4.69) is 55.6 Å². The van der Waals surface area contributed by atoms with Crippen LogP contribution in [0.2, 0.25) is 0 Å². The fourth-order valence-corrected chi connectivity index (χ4v) is 4.56. The Bertz CT molecular complexity index is 1300. The highest BCUT2D eigenvalue weighted by molar-refractivity contribution is 5.98. The summed E-state index contributed by atoms with van der Waals surface area (Å²) in [6.45, 7) is 0.799. The quantitative estimate of drug-likeness (QED) is 0.334. The molecule has 1 aliphatic rings. The number of rotatable bonds is 7. The van der Waals surface area contributed by atoms with Crippen LogP contribution in [0.3, 0.4) is 0 Å². The fraction of sp³-hybridized carbons (Fsp3) is 0.269. The summed E-state index contributed by atoms with van der Waals surface area (Å²) in [6, 6.07) is 18.7. The number of fused-ring (bicyclic) bond motifs is 1. The Balaban J connectivity index is 1.39. The average molecular weight is 456 g/mol. The number of aromatic nitrogens is 3. The number of amides is 1. The topological polar surface area (TPSA) is 124 Å². The predicted molar refractivity (Wildman–Crippen MR) is 135 cm³/mol. The van der Waals surface area contributed by atoms with Crippen molar-refractivity contribution in [1.29, 1.82) is 0 Å². The van der Waals surface area contributed by atoms with Gasteiger partial charge < -0.3 is 26.7 Å². The number of nitrogens with zero attached hydrogens (tertiary/aromatic N) is 3. The second kappa shape index (κ2) is 9.52. The second-order valence-electron chi connectivity index (χ2n) is 8.85. The summed E-state index contributed by atoms with van der Waals surface area (Å²) in [4.78, 5) is 20.9. The molecule has 0 saturated heterocycles. The number of hydrogen-bond donors (Lipinski definition) is 4. The normalized spacial score (nSPS) is 18.0. The van der Waals surface area contributed by atoms with Crippen molar-refractivity contribution in [3.63, 3.8) is 0 Å². The molecule has 2 unspecified atom stereocenters. The Morgan fingerprint density at radius 1 is 1.09 bits per heavy atom. The van der Waals surface area contributed by atoms with Crippen LogP contribution in [0.5, 0.6) is 0 Å². The molecule has 8 heteroatoms. The predicted octanol–water partition coefficient (Wildman–Crippen LogP) is 4.00. The number of carbonyl (C=O) groups excluding carboxylic acids is 1. The number of carbonyl (C=O) groups is 1. The Labute approximate surface area is 198 Å². The SMILES string of the molecule is NC(=O)c1cnc(NC2CCCCC2N)nc1Nc1ccc2c(ccn2Cc2ccccc2)c1. The van der Waals surface area contributed by atoms with Crippen LogP contribution in [-0.4, -0.2) is 32.5 Å². The molecule has 2 atom stereocenters. The van der Waals surface area contributed by atoms with Gasteiger partial charge in [0.25, 0.3) is 5.91 Å². The Kier molecular flexibility index (Phi) is 6.14. The first-order valence-electron chi connectivity index (χ1n) is 11.7. The molecule has 4 aromatic rings. The van der Waals surface area contributed by atoms with Crippen LogP contribution in [-0.2, 0) is 6.54 Å². The van der Waals surface area contributed by atoms with E-state index >= 15 is 0 Å². The Morgan fingerprint density at radius 2 is 1.91 bits per heavy atom. The van der Waals surface area contributed by atoms with Gasteiger partial charge in [0.2, 0.25) is 5.95 Å². The standard InChI is InChI=1S/C26H29N7O/c27-21-8-4-5-9-22(21)31-26-29-15-20(24(28)34)25(32-26)30-19-10-11-23-18(14-19)12-13-33(23)16-17-6-2-1-3-7-17/h1-3,6-7,10-15,21-22H,4-5,8-9,16,27H2,(H2,28,34)(H2,29,30,31,32). The third-order valence-electron chi connectivity index (χ3n) is 6.42. The molecule has 0 aliphatic heterocycles. The first-order chi connectivity index (χ1) is 16.6. The molecule has 1 aliphatic carbocycles. The summed E-state index contributed by atoms with van der Waals surface area (Å²) in [5, 5.41) is 7.68. The van der Waals surface area contributed by atoms with Crippen molar-refractivity contribution in [2.24, 2.45) is 11.5 Å². The maximum absolute atomic E-state index is 12.0. The van der Waals surface area contributed by atoms with E-state index in [0.717, 1.165) is 48.8 Å². The van der Waals surface area contributed by atoms with Gasteiger partial charge in [-0.1, -0.05) is 43.2 Å². The van der Waals surface area contributed by atoms with E-state index in [4.69, 9.17) is 11.5 Å². The van der Waals surface area contributed by atoms with E-state index < -0.39 is 5.91 Å². The molecule has 34 heavy (non-hydrogen) atoms. The summed E-state index contributed by atoms with van der Waals surface area (Å²) < 4.78 is 2.21. The van der Waals surface area contributed by atoms with Crippen molar-refractivity contribution in [2.45, 2.75) is 44.3 Å². The molecular weight excluding hydrogens is 426 g/mol. The highest BCUT2D eigenvalue weighted by atomic mass is 16.1. The molecule has 2 aromatic carbocycles. The zero-order chi connectivity index (χ0) is 23.5. The molecule has 0 bridgehead atoms. The van der Waals surface area contributed by atoms with Crippen molar-refractivity contribution < 1.29 is 4.79 Å². The van der Waals surface area contributed by atoms with Gasteiger partial charge in [0.1, 0.15) is 11.4 Å². The highest BCUT2D eigenvalue weighted by Gasteiger charge is 2.23. The maximum Gasteiger partial charge on any atom is 0.254 e. The molecule has 0 spiro atoms. The molecule has 2 aromatic heterocycles. The minimum Gasteiger partial charge on any atom is -0.365 e. The lowest BCUT2D eigenvalue weighted by Crippen LogP contribution is -2.43. The Morgan fingerprint density at radius 3 is 2.71 bits per heavy atom. The smallest absolute Gasteiger partial charge is 0.254 e. The van der Waals surface area contributed by atoms with E-state index in [0.29, 0.717) is 11.8 Å². The lowest BCUT2D eigenvalue weighted by atomic mass is 9.91. The van der Waals surface area contributed by atoms with E-state index in [1.807, 2.05) is 30.3 Å². The first-order valence-corrected chi connectivity index (χ1v) is 11.7. The van der Waals surface area contributed by atoms with E-state index in [9.17, 15) is 4.79 Å². The molecule has 6 N–H and O–H groups in total. The first kappa shape index (κ1) is 21.9. The fourth-order valence-electron chi connectivity index (χ4n) is 4.56. The lowest BCUT2D eigenvalue weighted by molar-refractivity contribution is 0.100. The minimum absolute atomic E-state index is 0.0620. The lowest BCUT2D eigenvalue weighted by Gasteiger charge is -2.29. The number of benzene rings is 2. The highest BCUT2D eigenvalue weighted by Crippen LogP contribution is 2.26. The van der Waals surface area contributed by atoms with Crippen molar-refractivity contribution in [3.05, 3.63) is 78.1 Å². The van der Waals surface area contributed by atoms with E-state index in [1.54, 1.807) is 0 Å². The minimum atomic E-state index is -0.585. The molecule has 174 valence electrons. The summed E-state index contributed by atoms with van der Waals surface area (Å²) >= 11 is 0. The summed E-state index contributed by atoms with van der Waals surface area (Å²) in [7, 11) is 0. The molecule has 1 amide bonds. The third kappa shape index (κ3) is 4.72. The third-order valence-corrected chi connectivity index (χ3v) is 6.42. The van der Waals surface area contributed by atoms with Crippen LogP contribution in [0.4, 0.5) is 17.5 Å². The van der Waals surface area contributed by atoms with Gasteiger partial charge in [-0.15, -0.1) is 0 Å². The number of hydrogen-bond acceptors (Lipinski definition) is 6. The summed E-state index contributed by atoms with van der Waals surface area (Å²) in [5.41, 5.74) is 15.3. The van der Waals surface area contributed by atoms with Gasteiger partial charge in [0, 0.05) is 47.6 Å². The molecular formula is C26H29N7O. The molecule has 0 radical (unpaired) electrons. The number of nitrogens with two attached hydrogens (primary N) is 2. The van der Waals surface area contributed by atoms with Gasteiger partial charge in [0.05, 0.1) is 0 Å². The van der Waals surface area contributed by atoms with Crippen LogP contribution in [0, 0.1) is 0 Å². The number of primary amides is 1. The zero-order valence-electron chi connectivity index (χ0n) is 18.9. The van der Waals surface area contributed by atoms with Crippen LogP contribution in [0.25, 0.3) is 10.9 Å². The van der Waals surface area contributed by atoms with E-state index in [-0.39, 0.29) is 17.6 Å². The average Bonchev–Trinajstić information content (AvgIpc) is 3.23. The van der Waals surface area contributed by atoms with Crippen molar-refractivity contribution in [3.8, 4) is 0 Å². The van der Waals surface area contributed by atoms with Crippen LogP contribution < -0.4 is 22.1 Å². The molecule has 1 fully saturated rings. The van der Waals surface area contributed by atoms with Crippen molar-refractivity contribution in [2.75, 3.05) is 10.6 Å². The van der Waals surface area contributed by atoms with Crippen LogP contribution >= 0.6 is 0 Å². The maximum atomic E-state index is 12.0. The van der Waals surface area contributed by atoms with Crippen LogP contribution in [0.1, 0.15) is 41.6 Å². The van der Waals surface area contributed by atoms with Gasteiger partial charge in [-0.05, 0) is 42.7 Å². The van der Waals surface area contributed by atoms with Crippen LogP contribution in [0.15, 0.2) is 67.0 Å². The monoisotopic (exact) mass is 455 g/mol. The largest absolute Gasteiger partial charge is 0.365 e. The van der Waals surface area contributed by atoms with Crippen molar-refractivity contribution >= 4 is 34.3 Å². The van der Waals surface area contributed by atoms with Gasteiger partial charge in [-0.25, -0.2) is 4.98 Å². The summed E-state index contributed by atoms with van der Waals surface area (Å²) in [5.74, 6) is 0.223. The summed E-state index contributed by atoms with van der Waals surface area (Å²) in [6.07, 6.45) is 7.76.